The Balaban J connectivity index is 1.38. The van der Waals surface area contributed by atoms with Crippen LogP contribution in [0.4, 0.5) is 10.3 Å². The molecule has 1 aliphatic rings. The highest BCUT2D eigenvalue weighted by Crippen LogP contribution is 2.28. The molecule has 1 saturated heterocycles. The van der Waals surface area contributed by atoms with Crippen molar-refractivity contribution < 1.29 is 9.18 Å². The number of hydrogen-bond acceptors (Lipinski definition) is 5. The van der Waals surface area contributed by atoms with Crippen molar-refractivity contribution in [3.63, 3.8) is 0 Å². The number of nitrogens with zero attached hydrogens (tertiary/aromatic N) is 6. The molecule has 0 aliphatic carbocycles. The molecule has 0 spiro atoms. The lowest BCUT2D eigenvalue weighted by molar-refractivity contribution is -0.132. The first kappa shape index (κ1) is 22.7. The fourth-order valence-corrected chi connectivity index (χ4v) is 4.44. The molecule has 4 aromatic rings. The highest BCUT2D eigenvalue weighted by Gasteiger charge is 2.24. The molecule has 7 nitrogen and oxygen atoms in total. The van der Waals surface area contributed by atoms with E-state index in [1.54, 1.807) is 44.4 Å². The Labute approximate surface area is 203 Å². The highest BCUT2D eigenvalue weighted by molar-refractivity contribution is 5.78. The van der Waals surface area contributed by atoms with Crippen LogP contribution in [-0.2, 0) is 11.3 Å². The Morgan fingerprint density at radius 2 is 1.57 bits per heavy atom. The monoisotopic (exact) mass is 470 g/mol. The summed E-state index contributed by atoms with van der Waals surface area (Å²) >= 11 is 0. The van der Waals surface area contributed by atoms with Crippen molar-refractivity contribution in [2.45, 2.75) is 20.4 Å². The molecule has 3 heterocycles. The van der Waals surface area contributed by atoms with E-state index in [-0.39, 0.29) is 18.3 Å². The maximum Gasteiger partial charge on any atom is 0.242 e. The maximum absolute atomic E-state index is 14.2. The second-order valence-electron chi connectivity index (χ2n) is 8.78. The van der Waals surface area contributed by atoms with Crippen LogP contribution in [0.15, 0.2) is 67.1 Å². The van der Waals surface area contributed by atoms with Gasteiger partial charge in [0.1, 0.15) is 18.2 Å². The summed E-state index contributed by atoms with van der Waals surface area (Å²) in [6, 6.07) is 15.2. The molecule has 1 amide bonds. The molecule has 35 heavy (non-hydrogen) atoms. The standard InChI is InChI=1S/C27H27FN6O/c1-19-15-22(16-20(2)25(19)28)23-17-34(26(31-23)21-7-4-3-5-8-21)18-24(35)32-11-13-33(14-12-32)27-29-9-6-10-30-27/h3-10,15-17H,11-14,18H2,1-2H3. The van der Waals surface area contributed by atoms with E-state index in [2.05, 4.69) is 14.9 Å². The first-order chi connectivity index (χ1) is 17.0. The van der Waals surface area contributed by atoms with Gasteiger partial charge in [-0.15, -0.1) is 0 Å². The third-order valence-electron chi connectivity index (χ3n) is 6.31. The van der Waals surface area contributed by atoms with Crippen molar-refractivity contribution in [1.29, 1.82) is 0 Å². The molecule has 0 saturated carbocycles. The highest BCUT2D eigenvalue weighted by atomic mass is 19.1. The van der Waals surface area contributed by atoms with Crippen LogP contribution < -0.4 is 4.90 Å². The molecular weight excluding hydrogens is 443 g/mol. The smallest absolute Gasteiger partial charge is 0.242 e. The first-order valence-corrected chi connectivity index (χ1v) is 11.7. The van der Waals surface area contributed by atoms with Gasteiger partial charge in [0.25, 0.3) is 0 Å². The number of aryl methyl sites for hydroxylation is 2. The van der Waals surface area contributed by atoms with Crippen LogP contribution in [0, 0.1) is 19.7 Å². The molecule has 1 aliphatic heterocycles. The summed E-state index contributed by atoms with van der Waals surface area (Å²) in [6.07, 6.45) is 5.35. The van der Waals surface area contributed by atoms with Gasteiger partial charge in [-0.1, -0.05) is 30.3 Å². The van der Waals surface area contributed by atoms with E-state index >= 15 is 0 Å². The van der Waals surface area contributed by atoms with Crippen molar-refractivity contribution in [3.05, 3.63) is 84.1 Å². The molecule has 0 atom stereocenters. The molecule has 2 aromatic carbocycles. The SMILES string of the molecule is Cc1cc(-c2cn(CC(=O)N3CCN(c4ncccn4)CC3)c(-c3ccccc3)n2)cc(C)c1F. The van der Waals surface area contributed by atoms with E-state index in [0.717, 1.165) is 11.1 Å². The summed E-state index contributed by atoms with van der Waals surface area (Å²) in [4.78, 5) is 30.7. The van der Waals surface area contributed by atoms with Crippen LogP contribution in [-0.4, -0.2) is 56.5 Å². The van der Waals surface area contributed by atoms with Gasteiger partial charge >= 0.3 is 0 Å². The lowest BCUT2D eigenvalue weighted by Crippen LogP contribution is -2.50. The van der Waals surface area contributed by atoms with Crippen molar-refractivity contribution in [2.75, 3.05) is 31.1 Å². The van der Waals surface area contributed by atoms with Crippen LogP contribution in [0.1, 0.15) is 11.1 Å². The molecule has 2 aromatic heterocycles. The second-order valence-corrected chi connectivity index (χ2v) is 8.78. The number of rotatable bonds is 5. The molecule has 8 heteroatoms. The van der Waals surface area contributed by atoms with E-state index in [0.29, 0.717) is 54.8 Å². The van der Waals surface area contributed by atoms with Gasteiger partial charge in [0.15, 0.2) is 0 Å². The molecule has 0 unspecified atom stereocenters. The van der Waals surface area contributed by atoms with Crippen LogP contribution in [0.25, 0.3) is 22.6 Å². The zero-order valence-corrected chi connectivity index (χ0v) is 19.9. The Morgan fingerprint density at radius 3 is 2.23 bits per heavy atom. The molecule has 5 rings (SSSR count). The van der Waals surface area contributed by atoms with Crippen LogP contribution in [0.5, 0.6) is 0 Å². The van der Waals surface area contributed by atoms with Gasteiger partial charge in [0, 0.05) is 55.9 Å². The largest absolute Gasteiger partial charge is 0.338 e. The van der Waals surface area contributed by atoms with Crippen LogP contribution >= 0.6 is 0 Å². The number of imidazole rings is 1. The van der Waals surface area contributed by atoms with Crippen LogP contribution in [0.2, 0.25) is 0 Å². The summed E-state index contributed by atoms with van der Waals surface area (Å²) < 4.78 is 16.1. The maximum atomic E-state index is 14.2. The van der Waals surface area contributed by atoms with Gasteiger partial charge in [0.2, 0.25) is 11.9 Å². The minimum Gasteiger partial charge on any atom is -0.338 e. The Bertz CT molecular complexity index is 1310. The van der Waals surface area contributed by atoms with Gasteiger partial charge in [-0.2, -0.15) is 0 Å². The summed E-state index contributed by atoms with van der Waals surface area (Å²) in [5, 5.41) is 0. The normalized spacial score (nSPS) is 13.8. The summed E-state index contributed by atoms with van der Waals surface area (Å²) in [7, 11) is 0. The molecule has 0 radical (unpaired) electrons. The fraction of sp³-hybridized carbons (Fsp3) is 0.259. The minimum absolute atomic E-state index is 0.0335. The lowest BCUT2D eigenvalue weighted by Gasteiger charge is -2.34. The van der Waals surface area contributed by atoms with E-state index in [1.165, 1.54) is 0 Å². The number of benzene rings is 2. The molecule has 0 bridgehead atoms. The quantitative estimate of drug-likeness (QED) is 0.439. The summed E-state index contributed by atoms with van der Waals surface area (Å²) in [5.74, 6) is 1.23. The third-order valence-corrected chi connectivity index (χ3v) is 6.31. The van der Waals surface area contributed by atoms with Gasteiger partial charge in [-0.05, 0) is 43.2 Å². The van der Waals surface area contributed by atoms with E-state index in [9.17, 15) is 9.18 Å². The number of anilines is 1. The molecule has 0 N–H and O–H groups in total. The second kappa shape index (κ2) is 9.66. The van der Waals surface area contributed by atoms with Gasteiger partial charge in [0.05, 0.1) is 5.69 Å². The summed E-state index contributed by atoms with van der Waals surface area (Å²) in [6.45, 7) is 6.27. The van der Waals surface area contributed by atoms with Gasteiger partial charge in [-0.3, -0.25) is 4.79 Å². The number of amides is 1. The van der Waals surface area contributed by atoms with Crippen molar-refractivity contribution >= 4 is 11.9 Å². The first-order valence-electron chi connectivity index (χ1n) is 11.7. The number of carbonyl (C=O) groups is 1. The Morgan fingerprint density at radius 1 is 0.914 bits per heavy atom. The number of halogens is 1. The predicted octanol–water partition coefficient (Wildman–Crippen LogP) is 4.11. The van der Waals surface area contributed by atoms with Gasteiger partial charge in [-0.25, -0.2) is 19.3 Å². The number of aromatic nitrogens is 4. The number of hydrogen-bond donors (Lipinski definition) is 0. The Hall–Kier alpha value is -4.07. The number of piperazine rings is 1. The molecule has 178 valence electrons. The third kappa shape index (κ3) is 4.77. The summed E-state index contributed by atoms with van der Waals surface area (Å²) in [5.41, 5.74) is 3.63. The van der Waals surface area contributed by atoms with E-state index < -0.39 is 0 Å². The Kier molecular flexibility index (Phi) is 6.27. The van der Waals surface area contributed by atoms with Crippen molar-refractivity contribution in [2.24, 2.45) is 0 Å². The number of carbonyl (C=O) groups excluding carboxylic acids is 1. The zero-order valence-electron chi connectivity index (χ0n) is 19.9. The molecular formula is C27H27FN6O. The average molecular weight is 471 g/mol. The average Bonchev–Trinajstić information content (AvgIpc) is 3.32. The fourth-order valence-electron chi connectivity index (χ4n) is 4.44. The van der Waals surface area contributed by atoms with Crippen molar-refractivity contribution in [3.8, 4) is 22.6 Å². The molecule has 1 fully saturated rings. The van der Waals surface area contributed by atoms with Crippen molar-refractivity contribution in [1.82, 2.24) is 24.4 Å². The van der Waals surface area contributed by atoms with E-state index in [1.807, 2.05) is 46.0 Å². The van der Waals surface area contributed by atoms with E-state index in [4.69, 9.17) is 4.98 Å². The topological polar surface area (TPSA) is 67.2 Å². The lowest BCUT2D eigenvalue weighted by atomic mass is 10.0. The minimum atomic E-state index is -0.202. The predicted molar refractivity (Wildman–Crippen MR) is 133 cm³/mol. The van der Waals surface area contributed by atoms with Gasteiger partial charge < -0.3 is 14.4 Å². The van der Waals surface area contributed by atoms with Crippen LogP contribution in [0.3, 0.4) is 0 Å². The zero-order chi connectivity index (χ0) is 24.4.